The summed E-state index contributed by atoms with van der Waals surface area (Å²) in [5, 5.41) is 18.1. The van der Waals surface area contributed by atoms with Crippen molar-refractivity contribution in [3.8, 4) is 6.07 Å². The molecule has 0 saturated heterocycles. The lowest BCUT2D eigenvalue weighted by Crippen LogP contribution is -2.18. The highest BCUT2D eigenvalue weighted by Gasteiger charge is 2.10. The zero-order valence-corrected chi connectivity index (χ0v) is 11.6. The molecule has 0 fully saturated rings. The lowest BCUT2D eigenvalue weighted by Gasteiger charge is -2.25. The maximum Gasteiger partial charge on any atom is 0.0684 e. The van der Waals surface area contributed by atoms with Crippen LogP contribution < -0.4 is 4.90 Å². The van der Waals surface area contributed by atoms with Crippen LogP contribution in [0.5, 0.6) is 0 Å². The Kier molecular flexibility index (Phi) is 4.75. The van der Waals surface area contributed by atoms with E-state index in [9.17, 15) is 5.11 Å². The first kappa shape index (κ1) is 14.1. The van der Waals surface area contributed by atoms with Gasteiger partial charge >= 0.3 is 0 Å². The molecule has 0 atom stereocenters. The monoisotopic (exact) mass is 266 g/mol. The van der Waals surface area contributed by atoms with Gasteiger partial charge < -0.3 is 10.0 Å². The van der Waals surface area contributed by atoms with E-state index in [4.69, 9.17) is 5.26 Å². The lowest BCUT2D eigenvalue weighted by molar-refractivity contribution is 0.281. The van der Waals surface area contributed by atoms with E-state index >= 15 is 0 Å². The van der Waals surface area contributed by atoms with E-state index in [1.165, 1.54) is 0 Å². The van der Waals surface area contributed by atoms with Gasteiger partial charge in [-0.05, 0) is 42.3 Å². The highest BCUT2D eigenvalue weighted by atomic mass is 16.3. The van der Waals surface area contributed by atoms with Crippen LogP contribution in [0.4, 0.5) is 11.4 Å². The van der Waals surface area contributed by atoms with Crippen LogP contribution >= 0.6 is 0 Å². The Balaban J connectivity index is 2.36. The summed E-state index contributed by atoms with van der Waals surface area (Å²) in [4.78, 5) is 2.12. The minimum absolute atomic E-state index is 0.0512. The van der Waals surface area contributed by atoms with Crippen molar-refractivity contribution in [1.29, 1.82) is 5.26 Å². The van der Waals surface area contributed by atoms with E-state index in [0.717, 1.165) is 22.5 Å². The number of para-hydroxylation sites is 1. The van der Waals surface area contributed by atoms with Gasteiger partial charge in [-0.2, -0.15) is 5.26 Å². The molecule has 0 heterocycles. The topological polar surface area (TPSA) is 47.3 Å². The highest BCUT2D eigenvalue weighted by molar-refractivity contribution is 5.64. The summed E-state index contributed by atoms with van der Waals surface area (Å²) in [5.74, 6) is 0. The Morgan fingerprint density at radius 1 is 1.10 bits per heavy atom. The molecule has 0 aromatic heterocycles. The summed E-state index contributed by atoms with van der Waals surface area (Å²) in [7, 11) is 0. The molecule has 2 rings (SSSR count). The molecule has 20 heavy (non-hydrogen) atoms. The third kappa shape index (κ3) is 3.17. The number of benzene rings is 2. The predicted octanol–water partition coefficient (Wildman–Crippen LogP) is 3.54. The van der Waals surface area contributed by atoms with Gasteiger partial charge in [-0.15, -0.1) is 0 Å². The maximum atomic E-state index is 9.25. The van der Waals surface area contributed by atoms with Gasteiger partial charge in [-0.1, -0.05) is 24.3 Å². The van der Waals surface area contributed by atoms with Crippen LogP contribution in [0.3, 0.4) is 0 Å². The Morgan fingerprint density at radius 2 is 1.85 bits per heavy atom. The van der Waals surface area contributed by atoms with Crippen molar-refractivity contribution >= 4 is 11.4 Å². The number of aliphatic hydroxyl groups excluding tert-OH is 1. The van der Waals surface area contributed by atoms with Crippen molar-refractivity contribution in [1.82, 2.24) is 0 Å². The Morgan fingerprint density at radius 3 is 2.45 bits per heavy atom. The summed E-state index contributed by atoms with van der Waals surface area (Å²) in [6, 6.07) is 18.2. The van der Waals surface area contributed by atoms with E-state index in [1.54, 1.807) is 0 Å². The molecule has 0 amide bonds. The third-order valence-electron chi connectivity index (χ3n) is 3.32. The number of nitrogens with zero attached hydrogens (tertiary/aromatic N) is 2. The van der Waals surface area contributed by atoms with E-state index in [1.807, 2.05) is 49.4 Å². The molecule has 0 bridgehead atoms. The van der Waals surface area contributed by atoms with Crippen LogP contribution in [0, 0.1) is 18.3 Å². The van der Waals surface area contributed by atoms with Crippen LogP contribution in [0.25, 0.3) is 0 Å². The third-order valence-corrected chi connectivity index (χ3v) is 3.32. The van der Waals surface area contributed by atoms with Gasteiger partial charge in [0.1, 0.15) is 0 Å². The molecule has 0 aliphatic carbocycles. The standard InChI is InChI=1S/C17H18N2O/c1-14-12-17(9-8-15(14)13-20)19(11-5-10-18)16-6-3-2-4-7-16/h2-4,6-9,12,20H,5,11,13H2,1H3. The number of aliphatic hydroxyl groups is 1. The Labute approximate surface area is 119 Å². The van der Waals surface area contributed by atoms with Gasteiger partial charge in [0.15, 0.2) is 0 Å². The molecule has 102 valence electrons. The molecule has 3 nitrogen and oxygen atoms in total. The second-order valence-corrected chi connectivity index (χ2v) is 4.66. The van der Waals surface area contributed by atoms with Crippen molar-refractivity contribution < 1.29 is 5.11 Å². The van der Waals surface area contributed by atoms with Crippen molar-refractivity contribution in [2.24, 2.45) is 0 Å². The first-order valence-corrected chi connectivity index (χ1v) is 6.66. The average molecular weight is 266 g/mol. The summed E-state index contributed by atoms with van der Waals surface area (Å²) >= 11 is 0. The van der Waals surface area contributed by atoms with Crippen LogP contribution in [0.15, 0.2) is 48.5 Å². The zero-order chi connectivity index (χ0) is 14.4. The first-order chi connectivity index (χ1) is 9.76. The molecular formula is C17H18N2O. The van der Waals surface area contributed by atoms with Gasteiger partial charge in [0.05, 0.1) is 19.1 Å². The van der Waals surface area contributed by atoms with Gasteiger partial charge in [0, 0.05) is 17.9 Å². The second-order valence-electron chi connectivity index (χ2n) is 4.66. The normalized spacial score (nSPS) is 10.1. The van der Waals surface area contributed by atoms with Gasteiger partial charge in [0.25, 0.3) is 0 Å². The zero-order valence-electron chi connectivity index (χ0n) is 11.6. The van der Waals surface area contributed by atoms with Gasteiger partial charge in [0.2, 0.25) is 0 Å². The molecule has 1 N–H and O–H groups in total. The Bertz CT molecular complexity index is 602. The van der Waals surface area contributed by atoms with Crippen LogP contribution in [-0.4, -0.2) is 11.7 Å². The predicted molar refractivity (Wildman–Crippen MR) is 80.8 cm³/mol. The number of anilines is 2. The Hall–Kier alpha value is -2.31. The summed E-state index contributed by atoms with van der Waals surface area (Å²) < 4.78 is 0. The molecule has 0 unspecified atom stereocenters. The fraction of sp³-hybridized carbons (Fsp3) is 0.235. The van der Waals surface area contributed by atoms with E-state index in [-0.39, 0.29) is 6.61 Å². The van der Waals surface area contributed by atoms with E-state index in [2.05, 4.69) is 17.0 Å². The molecule has 0 aliphatic rings. The fourth-order valence-electron chi connectivity index (χ4n) is 2.20. The van der Waals surface area contributed by atoms with E-state index in [0.29, 0.717) is 13.0 Å². The van der Waals surface area contributed by atoms with Crippen molar-refractivity contribution in [3.05, 3.63) is 59.7 Å². The number of hydrogen-bond acceptors (Lipinski definition) is 3. The molecular weight excluding hydrogens is 248 g/mol. The minimum Gasteiger partial charge on any atom is -0.392 e. The number of nitriles is 1. The van der Waals surface area contributed by atoms with Gasteiger partial charge in [-0.3, -0.25) is 0 Å². The van der Waals surface area contributed by atoms with E-state index < -0.39 is 0 Å². The van der Waals surface area contributed by atoms with Crippen molar-refractivity contribution in [3.63, 3.8) is 0 Å². The van der Waals surface area contributed by atoms with Crippen LogP contribution in [-0.2, 0) is 6.61 Å². The average Bonchev–Trinajstić information content (AvgIpc) is 2.49. The first-order valence-electron chi connectivity index (χ1n) is 6.66. The second kappa shape index (κ2) is 6.74. The van der Waals surface area contributed by atoms with Crippen LogP contribution in [0.2, 0.25) is 0 Å². The molecule has 2 aromatic carbocycles. The van der Waals surface area contributed by atoms with Crippen LogP contribution in [0.1, 0.15) is 17.5 Å². The number of hydrogen-bond donors (Lipinski definition) is 1. The number of rotatable bonds is 5. The lowest BCUT2D eigenvalue weighted by atomic mass is 10.1. The summed E-state index contributed by atoms with van der Waals surface area (Å²) in [6.07, 6.45) is 0.468. The summed E-state index contributed by atoms with van der Waals surface area (Å²) in [5.41, 5.74) is 4.10. The van der Waals surface area contributed by atoms with Crippen molar-refractivity contribution in [2.45, 2.75) is 20.0 Å². The smallest absolute Gasteiger partial charge is 0.0684 e. The molecule has 3 heteroatoms. The SMILES string of the molecule is Cc1cc(N(CCC#N)c2ccccc2)ccc1CO. The molecule has 0 spiro atoms. The fourth-order valence-corrected chi connectivity index (χ4v) is 2.20. The molecule has 2 aromatic rings. The number of aryl methyl sites for hydroxylation is 1. The largest absolute Gasteiger partial charge is 0.392 e. The molecule has 0 saturated carbocycles. The summed E-state index contributed by atoms with van der Waals surface area (Å²) in [6.45, 7) is 2.69. The highest BCUT2D eigenvalue weighted by Crippen LogP contribution is 2.27. The molecule has 0 aliphatic heterocycles. The minimum atomic E-state index is 0.0512. The van der Waals surface area contributed by atoms with Gasteiger partial charge in [-0.25, -0.2) is 0 Å². The maximum absolute atomic E-state index is 9.25. The quantitative estimate of drug-likeness (QED) is 0.900. The molecule has 0 radical (unpaired) electrons. The van der Waals surface area contributed by atoms with Crippen molar-refractivity contribution in [2.75, 3.05) is 11.4 Å².